The molecule has 0 aliphatic carbocycles. The molecular formula is C43H65N3O8. The van der Waals surface area contributed by atoms with Crippen molar-refractivity contribution in [1.82, 2.24) is 0 Å². The van der Waals surface area contributed by atoms with Crippen molar-refractivity contribution in [2.75, 3.05) is 39.5 Å². The summed E-state index contributed by atoms with van der Waals surface area (Å²) in [6.45, 7) is 17.2. The fourth-order valence-corrected chi connectivity index (χ4v) is 6.31. The number of fused-ring (bicyclic) bond motifs is 2. The SMILES string of the molecule is CC(CCCCC(O)COc1ccc2ccc(=O)oc2c1)CC(C)(C)CN.CC(CCN)CC(C)(C)CN.O=c1ccc2ccc(OCC3CO3)cc2o1. The highest BCUT2D eigenvalue weighted by Gasteiger charge is 2.23. The standard InChI is InChI=1S/C22H33NO4.C12H10O4.C9H22N2/c1-16(13-22(2,3)15-23)6-4-5-7-18(24)14-26-19-10-8-17-9-11-21(25)27-20(17)12-19;13-12-4-2-8-1-3-9(5-11(8)16-12)14-6-10-7-15-10;1-8(4-5-10)6-9(2,3)7-11/h8-12,16,18,24H,4-7,13-15,23H2,1-3H3;1-5,10H,6-7H2;8H,4-7,10-11H2,1-3H3. The van der Waals surface area contributed by atoms with E-state index >= 15 is 0 Å². The molecule has 1 saturated heterocycles. The van der Waals surface area contributed by atoms with Crippen LogP contribution in [0.15, 0.2) is 79.1 Å². The van der Waals surface area contributed by atoms with E-state index < -0.39 is 6.10 Å². The minimum absolute atomic E-state index is 0.200. The van der Waals surface area contributed by atoms with Crippen LogP contribution in [-0.4, -0.2) is 56.8 Å². The molecular weight excluding hydrogens is 686 g/mol. The molecule has 5 rings (SSSR count). The van der Waals surface area contributed by atoms with Crippen LogP contribution in [0.1, 0.15) is 86.5 Å². The summed E-state index contributed by atoms with van der Waals surface area (Å²) >= 11 is 0. The molecule has 11 heteroatoms. The lowest BCUT2D eigenvalue weighted by molar-refractivity contribution is 0.0970. The van der Waals surface area contributed by atoms with E-state index in [2.05, 4.69) is 41.5 Å². The van der Waals surface area contributed by atoms with Gasteiger partial charge in [-0.05, 0) is 104 Å². The van der Waals surface area contributed by atoms with Crippen LogP contribution in [-0.2, 0) is 4.74 Å². The lowest BCUT2D eigenvalue weighted by Gasteiger charge is -2.26. The predicted molar refractivity (Wildman–Crippen MR) is 217 cm³/mol. The first-order valence-corrected chi connectivity index (χ1v) is 19.3. The zero-order valence-corrected chi connectivity index (χ0v) is 33.3. The molecule has 54 heavy (non-hydrogen) atoms. The van der Waals surface area contributed by atoms with E-state index in [9.17, 15) is 14.7 Å². The molecule has 0 saturated carbocycles. The zero-order chi connectivity index (χ0) is 39.7. The summed E-state index contributed by atoms with van der Waals surface area (Å²) in [7, 11) is 0. The zero-order valence-electron chi connectivity index (χ0n) is 33.3. The highest BCUT2D eigenvalue weighted by Crippen LogP contribution is 2.28. The quantitative estimate of drug-likeness (QED) is 0.0438. The first-order valence-electron chi connectivity index (χ1n) is 19.3. The molecule has 0 bridgehead atoms. The maximum absolute atomic E-state index is 11.3. The van der Waals surface area contributed by atoms with E-state index in [-0.39, 0.29) is 34.8 Å². The van der Waals surface area contributed by atoms with Crippen molar-refractivity contribution in [3.8, 4) is 11.5 Å². The lowest BCUT2D eigenvalue weighted by Crippen LogP contribution is -2.26. The summed E-state index contributed by atoms with van der Waals surface area (Å²) in [5.41, 5.74) is 17.7. The largest absolute Gasteiger partial charge is 0.491 e. The Balaban J connectivity index is 0.000000244. The number of unbranched alkanes of at least 4 members (excludes halogenated alkanes) is 1. The number of aliphatic hydroxyl groups excluding tert-OH is 1. The Hall–Kier alpha value is -3.74. The molecule has 4 aromatic rings. The average Bonchev–Trinajstić information content (AvgIpc) is 3.96. The summed E-state index contributed by atoms with van der Waals surface area (Å²) in [4.78, 5) is 22.3. The molecule has 4 unspecified atom stereocenters. The molecule has 300 valence electrons. The van der Waals surface area contributed by atoms with Gasteiger partial charge in [-0.25, -0.2) is 9.59 Å². The number of nitrogens with two attached hydrogens (primary N) is 3. The van der Waals surface area contributed by atoms with Crippen molar-refractivity contribution >= 4 is 21.9 Å². The molecule has 3 heterocycles. The highest BCUT2D eigenvalue weighted by atomic mass is 16.6. The second kappa shape index (κ2) is 22.0. The van der Waals surface area contributed by atoms with Crippen LogP contribution in [0, 0.1) is 22.7 Å². The van der Waals surface area contributed by atoms with Gasteiger partial charge in [-0.3, -0.25) is 0 Å². The predicted octanol–water partition coefficient (Wildman–Crippen LogP) is 7.02. The fraction of sp³-hybridized carbons (Fsp3) is 0.581. The van der Waals surface area contributed by atoms with Crippen molar-refractivity contribution in [2.45, 2.75) is 98.7 Å². The lowest BCUT2D eigenvalue weighted by atomic mass is 9.82. The number of hydrogen-bond donors (Lipinski definition) is 4. The number of aliphatic hydroxyl groups is 1. The first kappa shape index (κ1) is 44.7. The smallest absolute Gasteiger partial charge is 0.336 e. The van der Waals surface area contributed by atoms with Gasteiger partial charge in [0.05, 0.1) is 12.7 Å². The van der Waals surface area contributed by atoms with Crippen molar-refractivity contribution in [2.24, 2.45) is 39.9 Å². The summed E-state index contributed by atoms with van der Waals surface area (Å²) in [5.74, 6) is 2.63. The molecule has 0 spiro atoms. The topological polar surface area (TPSA) is 190 Å². The van der Waals surface area contributed by atoms with Gasteiger partial charge in [-0.2, -0.15) is 0 Å². The number of rotatable bonds is 19. The minimum atomic E-state index is -0.501. The van der Waals surface area contributed by atoms with Gasteiger partial charge in [0.25, 0.3) is 0 Å². The van der Waals surface area contributed by atoms with Crippen molar-refractivity contribution in [3.05, 3.63) is 81.5 Å². The van der Waals surface area contributed by atoms with Gasteiger partial charge < -0.3 is 45.4 Å². The third-order valence-electron chi connectivity index (χ3n) is 9.52. The Morgan fingerprint density at radius 1 is 0.722 bits per heavy atom. The number of epoxide rings is 1. The van der Waals surface area contributed by atoms with Gasteiger partial charge in [0.15, 0.2) is 0 Å². The van der Waals surface area contributed by atoms with Gasteiger partial charge in [-0.1, -0.05) is 60.8 Å². The van der Waals surface area contributed by atoms with Crippen molar-refractivity contribution in [1.29, 1.82) is 0 Å². The Morgan fingerprint density at radius 3 is 1.67 bits per heavy atom. The highest BCUT2D eigenvalue weighted by molar-refractivity contribution is 5.78. The molecule has 11 nitrogen and oxygen atoms in total. The first-order chi connectivity index (χ1) is 25.6. The normalized spacial score (nSPS) is 15.7. The van der Waals surface area contributed by atoms with E-state index in [1.165, 1.54) is 18.6 Å². The van der Waals surface area contributed by atoms with Crippen LogP contribution in [0.3, 0.4) is 0 Å². The number of hydrogen-bond acceptors (Lipinski definition) is 11. The van der Waals surface area contributed by atoms with Crippen LogP contribution >= 0.6 is 0 Å². The Morgan fingerprint density at radius 2 is 1.19 bits per heavy atom. The number of ether oxygens (including phenoxy) is 3. The van der Waals surface area contributed by atoms with Crippen LogP contribution in [0.5, 0.6) is 11.5 Å². The van der Waals surface area contributed by atoms with Gasteiger partial charge in [0, 0.05) is 35.0 Å². The van der Waals surface area contributed by atoms with Crippen LogP contribution < -0.4 is 37.9 Å². The summed E-state index contributed by atoms with van der Waals surface area (Å²) in [6, 6.07) is 17.0. The van der Waals surface area contributed by atoms with Crippen LogP contribution in [0.2, 0.25) is 0 Å². The third kappa shape index (κ3) is 17.2. The second-order valence-corrected chi connectivity index (χ2v) is 16.4. The molecule has 2 aromatic heterocycles. The van der Waals surface area contributed by atoms with Crippen LogP contribution in [0.25, 0.3) is 21.9 Å². The van der Waals surface area contributed by atoms with E-state index in [4.69, 9.17) is 40.2 Å². The van der Waals surface area contributed by atoms with E-state index in [1.807, 2.05) is 24.3 Å². The molecule has 2 aromatic carbocycles. The van der Waals surface area contributed by atoms with Crippen molar-refractivity contribution in [3.63, 3.8) is 0 Å². The van der Waals surface area contributed by atoms with Crippen molar-refractivity contribution < 1.29 is 28.2 Å². The molecule has 1 aliphatic heterocycles. The fourth-order valence-electron chi connectivity index (χ4n) is 6.31. The Bertz CT molecular complexity index is 1800. The van der Waals surface area contributed by atoms with Gasteiger partial charge in [-0.15, -0.1) is 0 Å². The third-order valence-corrected chi connectivity index (χ3v) is 9.52. The summed E-state index contributed by atoms with van der Waals surface area (Å²) < 4.78 is 26.4. The van der Waals surface area contributed by atoms with Gasteiger partial charge >= 0.3 is 11.3 Å². The maximum Gasteiger partial charge on any atom is 0.336 e. The van der Waals surface area contributed by atoms with Gasteiger partial charge in [0.1, 0.15) is 42.0 Å². The maximum atomic E-state index is 11.3. The summed E-state index contributed by atoms with van der Waals surface area (Å²) in [6.07, 6.45) is 7.09. The van der Waals surface area contributed by atoms with E-state index in [0.29, 0.717) is 47.7 Å². The molecule has 7 N–H and O–H groups in total. The Kier molecular flexibility index (Phi) is 18.2. The molecule has 0 radical (unpaired) electrons. The average molecular weight is 752 g/mol. The minimum Gasteiger partial charge on any atom is -0.491 e. The Labute approximate surface area is 320 Å². The molecule has 4 atom stereocenters. The summed E-state index contributed by atoms with van der Waals surface area (Å²) in [5, 5.41) is 11.9. The van der Waals surface area contributed by atoms with Crippen LogP contribution in [0.4, 0.5) is 0 Å². The van der Waals surface area contributed by atoms with E-state index in [0.717, 1.165) is 69.0 Å². The second-order valence-electron chi connectivity index (χ2n) is 16.4. The number of benzene rings is 2. The van der Waals surface area contributed by atoms with E-state index in [1.54, 1.807) is 24.3 Å². The monoisotopic (exact) mass is 751 g/mol. The molecule has 1 fully saturated rings. The van der Waals surface area contributed by atoms with Gasteiger partial charge in [0.2, 0.25) is 0 Å². The molecule has 0 amide bonds. The molecule has 1 aliphatic rings.